The highest BCUT2D eigenvalue weighted by Gasteiger charge is 2.08. The molecule has 0 saturated carbocycles. The van der Waals surface area contributed by atoms with E-state index >= 15 is 0 Å². The lowest BCUT2D eigenvalue weighted by Gasteiger charge is -2.05. The van der Waals surface area contributed by atoms with Gasteiger partial charge < -0.3 is 14.2 Å². The fraction of sp³-hybridized carbons (Fsp3) is 0.286. The van der Waals surface area contributed by atoms with E-state index in [1.807, 2.05) is 29.6 Å². The fourth-order valence-electron chi connectivity index (χ4n) is 1.53. The summed E-state index contributed by atoms with van der Waals surface area (Å²) >= 11 is 1.46. The van der Waals surface area contributed by atoms with Gasteiger partial charge in [-0.05, 0) is 24.3 Å². The summed E-state index contributed by atoms with van der Waals surface area (Å²) in [5.41, 5.74) is 0.704. The third kappa shape index (κ3) is 3.96. The van der Waals surface area contributed by atoms with E-state index in [1.165, 1.54) is 18.4 Å². The van der Waals surface area contributed by atoms with E-state index in [0.717, 1.165) is 16.5 Å². The average molecular weight is 293 g/mol. The number of nitrogens with zero attached hydrogens (tertiary/aromatic N) is 1. The minimum Gasteiger partial charge on any atom is -0.497 e. The molecule has 2 aromatic rings. The zero-order valence-corrected chi connectivity index (χ0v) is 12.1. The van der Waals surface area contributed by atoms with E-state index in [2.05, 4.69) is 9.72 Å². The minimum atomic E-state index is -0.294. The van der Waals surface area contributed by atoms with Crippen molar-refractivity contribution in [3.63, 3.8) is 0 Å². The second kappa shape index (κ2) is 6.91. The molecule has 20 heavy (non-hydrogen) atoms. The van der Waals surface area contributed by atoms with Crippen LogP contribution in [-0.4, -0.2) is 25.2 Å². The van der Waals surface area contributed by atoms with E-state index in [9.17, 15) is 4.79 Å². The van der Waals surface area contributed by atoms with Crippen molar-refractivity contribution in [1.29, 1.82) is 0 Å². The molecule has 0 saturated heterocycles. The molecular formula is C14H15NO4S. The molecule has 106 valence electrons. The average Bonchev–Trinajstić information content (AvgIpc) is 2.93. The molecule has 0 N–H and O–H groups in total. The van der Waals surface area contributed by atoms with Crippen LogP contribution in [0.3, 0.4) is 0 Å². The summed E-state index contributed by atoms with van der Waals surface area (Å²) in [6.07, 6.45) is 0.190. The number of rotatable bonds is 6. The minimum absolute atomic E-state index is 0.190. The van der Waals surface area contributed by atoms with Gasteiger partial charge in [-0.3, -0.25) is 4.79 Å². The zero-order chi connectivity index (χ0) is 14.4. The van der Waals surface area contributed by atoms with E-state index in [-0.39, 0.29) is 12.4 Å². The highest BCUT2D eigenvalue weighted by molar-refractivity contribution is 7.09. The number of carbonyl (C=O) groups is 1. The maximum Gasteiger partial charge on any atom is 0.311 e. The summed E-state index contributed by atoms with van der Waals surface area (Å²) in [7, 11) is 2.98. The fourth-order valence-corrected chi connectivity index (χ4v) is 2.24. The molecule has 1 aromatic heterocycles. The monoisotopic (exact) mass is 293 g/mol. The molecule has 0 unspecified atom stereocenters. The lowest BCUT2D eigenvalue weighted by molar-refractivity contribution is -0.139. The molecule has 0 atom stereocenters. The van der Waals surface area contributed by atoms with Gasteiger partial charge in [0, 0.05) is 5.38 Å². The van der Waals surface area contributed by atoms with Crippen LogP contribution < -0.4 is 9.47 Å². The van der Waals surface area contributed by atoms with Crippen LogP contribution in [0, 0.1) is 0 Å². The molecule has 0 bridgehead atoms. The first-order valence-corrected chi connectivity index (χ1v) is 6.86. The van der Waals surface area contributed by atoms with Crippen molar-refractivity contribution < 1.29 is 19.0 Å². The Hall–Kier alpha value is -2.08. The molecule has 0 aliphatic heterocycles. The predicted octanol–water partition coefficient (Wildman–Crippen LogP) is 2.45. The van der Waals surface area contributed by atoms with Gasteiger partial charge >= 0.3 is 5.97 Å². The number of aromatic nitrogens is 1. The second-order valence-electron chi connectivity index (χ2n) is 3.95. The molecule has 2 rings (SSSR count). The van der Waals surface area contributed by atoms with Crippen LogP contribution in [-0.2, 0) is 22.6 Å². The molecule has 1 heterocycles. The third-order valence-electron chi connectivity index (χ3n) is 2.57. The Morgan fingerprint density at radius 3 is 2.55 bits per heavy atom. The van der Waals surface area contributed by atoms with Gasteiger partial charge in [-0.25, -0.2) is 4.98 Å². The predicted molar refractivity (Wildman–Crippen MR) is 75.2 cm³/mol. The van der Waals surface area contributed by atoms with Crippen molar-refractivity contribution in [1.82, 2.24) is 4.98 Å². The van der Waals surface area contributed by atoms with Gasteiger partial charge in [0.05, 0.1) is 26.3 Å². The first-order chi connectivity index (χ1) is 9.71. The quantitative estimate of drug-likeness (QED) is 0.766. The summed E-state index contributed by atoms with van der Waals surface area (Å²) in [6.45, 7) is 0.373. The largest absolute Gasteiger partial charge is 0.497 e. The zero-order valence-electron chi connectivity index (χ0n) is 11.3. The first-order valence-electron chi connectivity index (χ1n) is 5.98. The second-order valence-corrected chi connectivity index (χ2v) is 4.89. The standard InChI is InChI=1S/C14H15NO4S/c1-17-11-3-5-12(6-4-11)19-8-13-15-10(9-20-13)7-14(16)18-2/h3-6,9H,7-8H2,1-2H3. The van der Waals surface area contributed by atoms with E-state index in [1.54, 1.807) is 7.11 Å². The lowest BCUT2D eigenvalue weighted by atomic mass is 10.3. The number of carbonyl (C=O) groups excluding carboxylic acids is 1. The number of hydrogen-bond acceptors (Lipinski definition) is 6. The lowest BCUT2D eigenvalue weighted by Crippen LogP contribution is -2.05. The molecule has 5 nitrogen and oxygen atoms in total. The Balaban J connectivity index is 1.88. The van der Waals surface area contributed by atoms with E-state index in [4.69, 9.17) is 9.47 Å². The Kier molecular flexibility index (Phi) is 4.95. The molecule has 0 spiro atoms. The van der Waals surface area contributed by atoms with E-state index in [0.29, 0.717) is 12.3 Å². The number of esters is 1. The summed E-state index contributed by atoms with van der Waals surface area (Å²) in [4.78, 5) is 15.4. The number of hydrogen-bond donors (Lipinski definition) is 0. The SMILES string of the molecule is COC(=O)Cc1csc(COc2ccc(OC)cc2)n1. The van der Waals surface area contributed by atoms with Crippen molar-refractivity contribution >= 4 is 17.3 Å². The molecule has 0 amide bonds. The normalized spacial score (nSPS) is 10.1. The highest BCUT2D eigenvalue weighted by atomic mass is 32.1. The number of benzene rings is 1. The summed E-state index contributed by atoms with van der Waals surface area (Å²) < 4.78 is 15.3. The van der Waals surface area contributed by atoms with Crippen molar-refractivity contribution in [3.8, 4) is 11.5 Å². The van der Waals surface area contributed by atoms with E-state index < -0.39 is 0 Å². The molecule has 0 aliphatic carbocycles. The number of ether oxygens (including phenoxy) is 3. The van der Waals surface area contributed by atoms with Gasteiger partial charge in [0.25, 0.3) is 0 Å². The number of methoxy groups -OCH3 is 2. The number of thiazole rings is 1. The van der Waals surface area contributed by atoms with Gasteiger partial charge in [-0.1, -0.05) is 0 Å². The third-order valence-corrected chi connectivity index (χ3v) is 3.45. The van der Waals surface area contributed by atoms with Crippen LogP contribution in [0.4, 0.5) is 0 Å². The highest BCUT2D eigenvalue weighted by Crippen LogP contribution is 2.19. The molecule has 0 fully saturated rings. The Labute approximate surface area is 121 Å². The summed E-state index contributed by atoms with van der Waals surface area (Å²) in [6, 6.07) is 7.34. The van der Waals surface area contributed by atoms with Crippen LogP contribution in [0.1, 0.15) is 10.7 Å². The molecule has 0 radical (unpaired) electrons. The molecule has 6 heteroatoms. The van der Waals surface area contributed by atoms with Crippen molar-refractivity contribution in [2.75, 3.05) is 14.2 Å². The van der Waals surface area contributed by atoms with Crippen LogP contribution in [0.2, 0.25) is 0 Å². The topological polar surface area (TPSA) is 57.7 Å². The van der Waals surface area contributed by atoms with Gasteiger partial charge in [-0.15, -0.1) is 11.3 Å². The van der Waals surface area contributed by atoms with Gasteiger partial charge in [0.1, 0.15) is 23.1 Å². The maximum absolute atomic E-state index is 11.1. The van der Waals surface area contributed by atoms with Crippen LogP contribution in [0.5, 0.6) is 11.5 Å². The Morgan fingerprint density at radius 2 is 1.90 bits per heavy atom. The molecular weight excluding hydrogens is 278 g/mol. The summed E-state index contributed by atoms with van der Waals surface area (Å²) in [5, 5.41) is 2.66. The maximum atomic E-state index is 11.1. The van der Waals surface area contributed by atoms with Gasteiger partial charge in [-0.2, -0.15) is 0 Å². The Bertz CT molecular complexity index is 565. The van der Waals surface area contributed by atoms with Crippen molar-refractivity contribution in [2.45, 2.75) is 13.0 Å². The summed E-state index contributed by atoms with van der Waals surface area (Å²) in [5.74, 6) is 1.24. The smallest absolute Gasteiger partial charge is 0.311 e. The van der Waals surface area contributed by atoms with Crippen LogP contribution >= 0.6 is 11.3 Å². The van der Waals surface area contributed by atoms with Crippen molar-refractivity contribution in [2.24, 2.45) is 0 Å². The molecule has 0 aliphatic rings. The van der Waals surface area contributed by atoms with Crippen LogP contribution in [0.25, 0.3) is 0 Å². The van der Waals surface area contributed by atoms with Gasteiger partial charge in [0.2, 0.25) is 0 Å². The molecule has 1 aromatic carbocycles. The van der Waals surface area contributed by atoms with Gasteiger partial charge in [0.15, 0.2) is 0 Å². The van der Waals surface area contributed by atoms with Crippen LogP contribution in [0.15, 0.2) is 29.6 Å². The first kappa shape index (κ1) is 14.3. The Morgan fingerprint density at radius 1 is 1.20 bits per heavy atom. The van der Waals surface area contributed by atoms with Crippen molar-refractivity contribution in [3.05, 3.63) is 40.3 Å².